The monoisotopic (exact) mass is 152 g/mol. The third-order valence-corrected chi connectivity index (χ3v) is 2.03. The van der Waals surface area contributed by atoms with Gasteiger partial charge in [-0.3, -0.25) is 0 Å². The molecule has 60 valence electrons. The highest BCUT2D eigenvalue weighted by molar-refractivity contribution is 4.73. The van der Waals surface area contributed by atoms with E-state index in [1.54, 1.807) is 17.2 Å². The molecule has 1 aromatic heterocycles. The minimum absolute atomic E-state index is 0.471. The average molecular weight is 152 g/mol. The van der Waals surface area contributed by atoms with Crippen molar-refractivity contribution >= 4 is 0 Å². The lowest BCUT2D eigenvalue weighted by atomic mass is 10.1. The van der Waals surface area contributed by atoms with Crippen molar-refractivity contribution in [1.29, 1.82) is 0 Å². The van der Waals surface area contributed by atoms with Crippen molar-refractivity contribution < 1.29 is 0 Å². The second-order valence-electron chi connectivity index (χ2n) is 2.85. The molecule has 4 heteroatoms. The summed E-state index contributed by atoms with van der Waals surface area (Å²) in [7, 11) is 0. The molecule has 11 heavy (non-hydrogen) atoms. The summed E-state index contributed by atoms with van der Waals surface area (Å²) in [6, 6.07) is 0.471. The van der Waals surface area contributed by atoms with Crippen LogP contribution in [0.15, 0.2) is 12.4 Å². The van der Waals surface area contributed by atoms with Crippen molar-refractivity contribution in [1.82, 2.24) is 20.3 Å². The molecule has 0 amide bonds. The number of nitrogens with zero attached hydrogens (tertiary/aromatic N) is 3. The molecular formula is C7H12N4. The second-order valence-corrected chi connectivity index (χ2v) is 2.85. The zero-order valence-corrected chi connectivity index (χ0v) is 6.40. The van der Waals surface area contributed by atoms with E-state index in [1.807, 2.05) is 0 Å². The first-order valence-corrected chi connectivity index (χ1v) is 4.03. The fourth-order valence-corrected chi connectivity index (χ4v) is 1.45. The number of hydrogen-bond donors (Lipinski definition) is 1. The Morgan fingerprint density at radius 3 is 2.82 bits per heavy atom. The minimum atomic E-state index is 0.471. The molecule has 0 saturated carbocycles. The molecule has 1 atom stereocenters. The Labute approximate surface area is 65.6 Å². The lowest BCUT2D eigenvalue weighted by Gasteiger charge is -2.21. The van der Waals surface area contributed by atoms with Crippen molar-refractivity contribution in [3.63, 3.8) is 0 Å². The number of piperidine rings is 1. The van der Waals surface area contributed by atoms with Crippen LogP contribution < -0.4 is 5.32 Å². The van der Waals surface area contributed by atoms with Gasteiger partial charge in [0.15, 0.2) is 0 Å². The molecule has 2 heterocycles. The molecular weight excluding hydrogens is 140 g/mol. The van der Waals surface area contributed by atoms with Crippen LogP contribution in [-0.4, -0.2) is 28.1 Å². The van der Waals surface area contributed by atoms with Crippen molar-refractivity contribution in [2.75, 3.05) is 13.1 Å². The Bertz CT molecular complexity index is 200. The van der Waals surface area contributed by atoms with Crippen LogP contribution in [0.5, 0.6) is 0 Å². The summed E-state index contributed by atoms with van der Waals surface area (Å²) in [5, 5.41) is 11.5. The van der Waals surface area contributed by atoms with Gasteiger partial charge in [0.1, 0.15) is 0 Å². The highest BCUT2D eigenvalue weighted by Crippen LogP contribution is 2.12. The molecule has 1 aliphatic rings. The topological polar surface area (TPSA) is 42.7 Å². The molecule has 1 fully saturated rings. The van der Waals surface area contributed by atoms with Crippen molar-refractivity contribution in [3.05, 3.63) is 12.4 Å². The molecule has 4 nitrogen and oxygen atoms in total. The summed E-state index contributed by atoms with van der Waals surface area (Å²) in [5.74, 6) is 0. The lowest BCUT2D eigenvalue weighted by Crippen LogP contribution is -2.32. The molecule has 0 spiro atoms. The first-order valence-electron chi connectivity index (χ1n) is 4.03. The molecule has 1 saturated heterocycles. The summed E-state index contributed by atoms with van der Waals surface area (Å²) in [6.45, 7) is 2.15. The Kier molecular flexibility index (Phi) is 1.85. The maximum absolute atomic E-state index is 4.11. The zero-order chi connectivity index (χ0) is 7.52. The predicted molar refractivity (Wildman–Crippen MR) is 41.2 cm³/mol. The van der Waals surface area contributed by atoms with Gasteiger partial charge in [0, 0.05) is 6.54 Å². The van der Waals surface area contributed by atoms with Gasteiger partial charge in [-0.25, -0.2) is 0 Å². The van der Waals surface area contributed by atoms with E-state index in [1.165, 1.54) is 12.8 Å². The highest BCUT2D eigenvalue weighted by atomic mass is 15.5. The van der Waals surface area contributed by atoms with Crippen molar-refractivity contribution in [2.45, 2.75) is 18.9 Å². The minimum Gasteiger partial charge on any atom is -0.315 e. The normalized spacial score (nSPS) is 25.3. The summed E-state index contributed by atoms with van der Waals surface area (Å²) >= 11 is 0. The SMILES string of the molecule is c1cnn(C2CCCNC2)n1. The quantitative estimate of drug-likeness (QED) is 0.625. The molecule has 1 N–H and O–H groups in total. The Morgan fingerprint density at radius 1 is 1.36 bits per heavy atom. The lowest BCUT2D eigenvalue weighted by molar-refractivity contribution is 0.317. The fraction of sp³-hybridized carbons (Fsp3) is 0.714. The first kappa shape index (κ1) is 6.79. The zero-order valence-electron chi connectivity index (χ0n) is 6.40. The largest absolute Gasteiger partial charge is 0.315 e. The van der Waals surface area contributed by atoms with Crippen LogP contribution in [0.25, 0.3) is 0 Å². The third kappa shape index (κ3) is 1.40. The number of rotatable bonds is 1. The van der Waals surface area contributed by atoms with Gasteiger partial charge in [0.25, 0.3) is 0 Å². The van der Waals surface area contributed by atoms with Crippen molar-refractivity contribution in [2.24, 2.45) is 0 Å². The van der Waals surface area contributed by atoms with Gasteiger partial charge in [0.05, 0.1) is 18.4 Å². The molecule has 0 bridgehead atoms. The number of nitrogens with one attached hydrogen (secondary N) is 1. The first-order chi connectivity index (χ1) is 5.47. The van der Waals surface area contributed by atoms with Gasteiger partial charge < -0.3 is 5.32 Å². The maximum atomic E-state index is 4.11. The fourth-order valence-electron chi connectivity index (χ4n) is 1.45. The van der Waals surface area contributed by atoms with Crippen LogP contribution in [-0.2, 0) is 0 Å². The van der Waals surface area contributed by atoms with E-state index in [2.05, 4.69) is 15.5 Å². The standard InChI is InChI=1S/C7H12N4/c1-2-7(6-8-3-1)11-9-4-5-10-11/h4-5,7-8H,1-3,6H2. The van der Waals surface area contributed by atoms with E-state index in [0.717, 1.165) is 13.1 Å². The highest BCUT2D eigenvalue weighted by Gasteiger charge is 2.14. The molecule has 1 aliphatic heterocycles. The van der Waals surface area contributed by atoms with Crippen LogP contribution in [0.1, 0.15) is 18.9 Å². The van der Waals surface area contributed by atoms with Gasteiger partial charge in [-0.05, 0) is 19.4 Å². The summed E-state index contributed by atoms with van der Waals surface area (Å²) in [5.41, 5.74) is 0. The number of aromatic nitrogens is 3. The molecule has 1 unspecified atom stereocenters. The predicted octanol–water partition coefficient (Wildman–Crippen LogP) is 0.203. The number of hydrogen-bond acceptors (Lipinski definition) is 3. The van der Waals surface area contributed by atoms with E-state index in [-0.39, 0.29) is 0 Å². The molecule has 0 aromatic carbocycles. The van der Waals surface area contributed by atoms with E-state index < -0.39 is 0 Å². The molecule has 0 radical (unpaired) electrons. The Morgan fingerprint density at radius 2 is 2.18 bits per heavy atom. The van der Waals surface area contributed by atoms with E-state index in [9.17, 15) is 0 Å². The molecule has 1 aromatic rings. The van der Waals surface area contributed by atoms with Gasteiger partial charge in [-0.1, -0.05) is 0 Å². The van der Waals surface area contributed by atoms with Gasteiger partial charge >= 0.3 is 0 Å². The summed E-state index contributed by atoms with van der Waals surface area (Å²) < 4.78 is 0. The van der Waals surface area contributed by atoms with E-state index >= 15 is 0 Å². The molecule has 2 rings (SSSR count). The van der Waals surface area contributed by atoms with E-state index in [0.29, 0.717) is 6.04 Å². The van der Waals surface area contributed by atoms with Gasteiger partial charge in [0.2, 0.25) is 0 Å². The second kappa shape index (κ2) is 3.00. The van der Waals surface area contributed by atoms with Gasteiger partial charge in [-0.2, -0.15) is 15.0 Å². The van der Waals surface area contributed by atoms with E-state index in [4.69, 9.17) is 0 Å². The third-order valence-electron chi connectivity index (χ3n) is 2.03. The smallest absolute Gasteiger partial charge is 0.0840 e. The van der Waals surface area contributed by atoms with Crippen LogP contribution in [0.4, 0.5) is 0 Å². The maximum Gasteiger partial charge on any atom is 0.0840 e. The van der Waals surface area contributed by atoms with Crippen LogP contribution in [0, 0.1) is 0 Å². The average Bonchev–Trinajstić information content (AvgIpc) is 2.58. The summed E-state index contributed by atoms with van der Waals surface area (Å²) in [4.78, 5) is 1.80. The Hall–Kier alpha value is -0.900. The van der Waals surface area contributed by atoms with Crippen LogP contribution >= 0.6 is 0 Å². The van der Waals surface area contributed by atoms with Gasteiger partial charge in [-0.15, -0.1) is 0 Å². The Balaban J connectivity index is 2.04. The van der Waals surface area contributed by atoms with Crippen molar-refractivity contribution in [3.8, 4) is 0 Å². The summed E-state index contributed by atoms with van der Waals surface area (Å²) in [6.07, 6.45) is 5.89. The van der Waals surface area contributed by atoms with Crippen LogP contribution in [0.2, 0.25) is 0 Å². The molecule has 0 aliphatic carbocycles. The van der Waals surface area contributed by atoms with Crippen LogP contribution in [0.3, 0.4) is 0 Å².